The van der Waals surface area contributed by atoms with Crippen LogP contribution in [0, 0.1) is 0 Å². The minimum Gasteiger partial charge on any atom is -0.454 e. The second kappa shape index (κ2) is 4.98. The van der Waals surface area contributed by atoms with Crippen molar-refractivity contribution in [3.05, 3.63) is 66.7 Å². The van der Waals surface area contributed by atoms with Gasteiger partial charge in [0.2, 0.25) is 6.79 Å². The smallest absolute Gasteiger partial charge is 0.231 e. The monoisotopic (exact) mass is 278 g/mol. The molecule has 0 aliphatic carbocycles. The summed E-state index contributed by atoms with van der Waals surface area (Å²) in [5.74, 6) is 1.63. The highest BCUT2D eigenvalue weighted by Gasteiger charge is 2.13. The van der Waals surface area contributed by atoms with Crippen molar-refractivity contribution < 1.29 is 9.47 Å². The van der Waals surface area contributed by atoms with E-state index in [1.165, 1.54) is 11.1 Å². The molecule has 0 N–H and O–H groups in total. The number of aromatic nitrogens is 2. The highest BCUT2D eigenvalue weighted by atomic mass is 16.7. The summed E-state index contributed by atoms with van der Waals surface area (Å²) in [6.07, 6.45) is 5.58. The van der Waals surface area contributed by atoms with Crippen LogP contribution in [0.25, 0.3) is 11.1 Å². The predicted molar refractivity (Wildman–Crippen MR) is 79.3 cm³/mol. The predicted octanol–water partition coefficient (Wildman–Crippen LogP) is 3.33. The van der Waals surface area contributed by atoms with Gasteiger partial charge in [0.25, 0.3) is 0 Å². The van der Waals surface area contributed by atoms with E-state index in [0.717, 1.165) is 23.6 Å². The fraction of sp³-hybridized carbons (Fsp3) is 0.118. The molecule has 2 aromatic carbocycles. The molecular formula is C17H14N2O2. The first kappa shape index (κ1) is 12.0. The Bertz CT molecular complexity index is 749. The maximum absolute atomic E-state index is 5.42. The van der Waals surface area contributed by atoms with Gasteiger partial charge in [-0.3, -0.25) is 0 Å². The zero-order valence-electron chi connectivity index (χ0n) is 11.4. The van der Waals surface area contributed by atoms with Crippen molar-refractivity contribution in [1.82, 2.24) is 9.55 Å². The maximum Gasteiger partial charge on any atom is 0.231 e. The first-order valence-corrected chi connectivity index (χ1v) is 6.83. The van der Waals surface area contributed by atoms with Gasteiger partial charge in [-0.2, -0.15) is 0 Å². The SMILES string of the molecule is c1cn(Cc2ccc(-c3ccc4c(c3)OCO4)cc2)cn1. The van der Waals surface area contributed by atoms with Crippen LogP contribution in [0.5, 0.6) is 11.5 Å². The van der Waals surface area contributed by atoms with Crippen molar-refractivity contribution in [2.75, 3.05) is 6.79 Å². The standard InChI is InChI=1S/C17H14N2O2/c1-3-14(4-2-13(1)10-19-8-7-18-11-19)15-5-6-16-17(9-15)21-12-20-16/h1-9,11H,10,12H2. The second-order valence-electron chi connectivity index (χ2n) is 5.00. The number of hydrogen-bond acceptors (Lipinski definition) is 3. The molecule has 2 heterocycles. The van der Waals surface area contributed by atoms with Crippen molar-refractivity contribution in [3.63, 3.8) is 0 Å². The molecule has 0 amide bonds. The zero-order chi connectivity index (χ0) is 14.1. The molecule has 0 fully saturated rings. The normalized spacial score (nSPS) is 12.6. The summed E-state index contributed by atoms with van der Waals surface area (Å²) >= 11 is 0. The largest absolute Gasteiger partial charge is 0.454 e. The third kappa shape index (κ3) is 2.36. The lowest BCUT2D eigenvalue weighted by Crippen LogP contribution is -1.95. The topological polar surface area (TPSA) is 36.3 Å². The minimum atomic E-state index is 0.308. The number of fused-ring (bicyclic) bond motifs is 1. The Morgan fingerprint density at radius 2 is 1.76 bits per heavy atom. The van der Waals surface area contributed by atoms with Crippen LogP contribution >= 0.6 is 0 Å². The first-order valence-electron chi connectivity index (χ1n) is 6.83. The van der Waals surface area contributed by atoms with Crippen molar-refractivity contribution in [3.8, 4) is 22.6 Å². The average Bonchev–Trinajstić information content (AvgIpc) is 3.18. The highest BCUT2D eigenvalue weighted by Crippen LogP contribution is 2.35. The van der Waals surface area contributed by atoms with Crippen LogP contribution in [0.2, 0.25) is 0 Å². The molecule has 1 aliphatic rings. The van der Waals surface area contributed by atoms with Crippen LogP contribution in [-0.2, 0) is 6.54 Å². The second-order valence-corrected chi connectivity index (χ2v) is 5.00. The maximum atomic E-state index is 5.42. The molecule has 21 heavy (non-hydrogen) atoms. The lowest BCUT2D eigenvalue weighted by molar-refractivity contribution is 0.174. The fourth-order valence-corrected chi connectivity index (χ4v) is 2.47. The third-order valence-electron chi connectivity index (χ3n) is 3.58. The first-order chi connectivity index (χ1) is 10.4. The van der Waals surface area contributed by atoms with Crippen molar-refractivity contribution in [2.45, 2.75) is 6.54 Å². The molecule has 0 spiro atoms. The Hall–Kier alpha value is -2.75. The van der Waals surface area contributed by atoms with Crippen LogP contribution < -0.4 is 9.47 Å². The van der Waals surface area contributed by atoms with Crippen molar-refractivity contribution in [2.24, 2.45) is 0 Å². The Balaban J connectivity index is 1.58. The van der Waals surface area contributed by atoms with Gasteiger partial charge in [0, 0.05) is 18.9 Å². The fourth-order valence-electron chi connectivity index (χ4n) is 2.47. The van der Waals surface area contributed by atoms with E-state index in [0.29, 0.717) is 6.79 Å². The highest BCUT2D eigenvalue weighted by molar-refractivity contribution is 5.67. The Morgan fingerprint density at radius 1 is 0.952 bits per heavy atom. The van der Waals surface area contributed by atoms with E-state index in [2.05, 4.69) is 39.9 Å². The van der Waals surface area contributed by atoms with Crippen molar-refractivity contribution >= 4 is 0 Å². The van der Waals surface area contributed by atoms with Crippen LogP contribution in [0.3, 0.4) is 0 Å². The van der Waals surface area contributed by atoms with Crippen LogP contribution in [-0.4, -0.2) is 16.3 Å². The number of rotatable bonds is 3. The van der Waals surface area contributed by atoms with Gasteiger partial charge in [-0.05, 0) is 28.8 Å². The van der Waals surface area contributed by atoms with Gasteiger partial charge in [0.05, 0.1) is 6.33 Å². The van der Waals surface area contributed by atoms with Gasteiger partial charge in [-0.25, -0.2) is 4.98 Å². The molecular weight excluding hydrogens is 264 g/mol. The number of ether oxygens (including phenoxy) is 2. The number of benzene rings is 2. The Morgan fingerprint density at radius 3 is 2.57 bits per heavy atom. The molecule has 1 aliphatic heterocycles. The quantitative estimate of drug-likeness (QED) is 0.737. The number of imidazole rings is 1. The van der Waals surface area contributed by atoms with Gasteiger partial charge >= 0.3 is 0 Å². The van der Waals surface area contributed by atoms with Gasteiger partial charge in [0.15, 0.2) is 11.5 Å². The van der Waals surface area contributed by atoms with Crippen LogP contribution in [0.4, 0.5) is 0 Å². The molecule has 0 saturated heterocycles. The molecule has 4 rings (SSSR count). The van der Waals surface area contributed by atoms with Gasteiger partial charge in [0.1, 0.15) is 0 Å². The molecule has 4 nitrogen and oxygen atoms in total. The summed E-state index contributed by atoms with van der Waals surface area (Å²) in [5, 5.41) is 0. The Labute approximate surface area is 122 Å². The lowest BCUT2D eigenvalue weighted by Gasteiger charge is -2.06. The summed E-state index contributed by atoms with van der Waals surface area (Å²) in [6, 6.07) is 14.6. The molecule has 3 aromatic rings. The molecule has 0 radical (unpaired) electrons. The number of nitrogens with zero attached hydrogens (tertiary/aromatic N) is 2. The lowest BCUT2D eigenvalue weighted by atomic mass is 10.0. The molecule has 0 unspecified atom stereocenters. The van der Waals surface area contributed by atoms with Gasteiger partial charge < -0.3 is 14.0 Å². The number of hydrogen-bond donors (Lipinski definition) is 0. The van der Waals surface area contributed by atoms with Gasteiger partial charge in [-0.1, -0.05) is 30.3 Å². The van der Waals surface area contributed by atoms with E-state index >= 15 is 0 Å². The average molecular weight is 278 g/mol. The summed E-state index contributed by atoms with van der Waals surface area (Å²) < 4.78 is 12.8. The van der Waals surface area contributed by atoms with E-state index in [4.69, 9.17) is 9.47 Å². The molecule has 0 atom stereocenters. The van der Waals surface area contributed by atoms with E-state index < -0.39 is 0 Å². The minimum absolute atomic E-state index is 0.308. The Kier molecular flexibility index (Phi) is 2.85. The zero-order valence-corrected chi connectivity index (χ0v) is 11.4. The summed E-state index contributed by atoms with van der Waals surface area (Å²) in [4.78, 5) is 4.05. The van der Waals surface area contributed by atoms with Crippen LogP contribution in [0.1, 0.15) is 5.56 Å². The molecule has 104 valence electrons. The van der Waals surface area contributed by atoms with E-state index in [1.807, 2.05) is 24.7 Å². The molecule has 1 aromatic heterocycles. The van der Waals surface area contributed by atoms with E-state index in [9.17, 15) is 0 Å². The van der Waals surface area contributed by atoms with Crippen LogP contribution in [0.15, 0.2) is 61.2 Å². The van der Waals surface area contributed by atoms with E-state index in [1.54, 1.807) is 6.20 Å². The summed E-state index contributed by atoms with van der Waals surface area (Å²) in [6.45, 7) is 1.14. The van der Waals surface area contributed by atoms with E-state index in [-0.39, 0.29) is 0 Å². The summed E-state index contributed by atoms with van der Waals surface area (Å²) in [7, 11) is 0. The molecule has 0 bridgehead atoms. The van der Waals surface area contributed by atoms with Crippen molar-refractivity contribution in [1.29, 1.82) is 0 Å². The third-order valence-corrected chi connectivity index (χ3v) is 3.58. The molecule has 0 saturated carbocycles. The summed E-state index contributed by atoms with van der Waals surface area (Å²) in [5.41, 5.74) is 3.55. The van der Waals surface area contributed by atoms with Gasteiger partial charge in [-0.15, -0.1) is 0 Å². The molecule has 4 heteroatoms.